The van der Waals surface area contributed by atoms with E-state index < -0.39 is 15.7 Å². The Morgan fingerprint density at radius 1 is 0.783 bits per heavy atom. The summed E-state index contributed by atoms with van der Waals surface area (Å²) in [7, 11) is -3.24. The number of nitrogens with one attached hydrogen (secondary N) is 1. The Labute approximate surface area is 266 Å². The van der Waals surface area contributed by atoms with Gasteiger partial charge in [0.1, 0.15) is 23.3 Å². The van der Waals surface area contributed by atoms with Crippen LogP contribution in [0.3, 0.4) is 0 Å². The molecule has 0 atom stereocenters. The number of rotatable bonds is 10. The highest BCUT2D eigenvalue weighted by Gasteiger charge is 2.36. The quantitative estimate of drug-likeness (QED) is 0.227. The zero-order valence-electron chi connectivity index (χ0n) is 25.1. The molecule has 0 spiro atoms. The number of anilines is 1. The Bertz CT molecular complexity index is 1830. The van der Waals surface area contributed by atoms with E-state index in [2.05, 4.69) is 15.3 Å². The molecule has 12 heteroatoms. The van der Waals surface area contributed by atoms with Crippen molar-refractivity contribution in [3.8, 4) is 17.4 Å². The molecule has 0 bridgehead atoms. The first kappa shape index (κ1) is 30.9. The van der Waals surface area contributed by atoms with Crippen LogP contribution in [0.15, 0.2) is 90.1 Å². The van der Waals surface area contributed by atoms with E-state index in [-0.39, 0.29) is 34.3 Å². The number of benzene rings is 2. The summed E-state index contributed by atoms with van der Waals surface area (Å²) in [4.78, 5) is 47.8. The summed E-state index contributed by atoms with van der Waals surface area (Å²) in [5, 5.41) is 2.50. The SMILES string of the molecule is CC(=O)c1ccc(Oc2ccc(NC(=O)c3ccc(C(=O)N4CCC(Oc5ccc(S(=O)(=O)C6CC6)cc5)CC4)nc3)cn2)cc1. The molecule has 1 saturated carbocycles. The van der Waals surface area contributed by atoms with Crippen LogP contribution in [0.1, 0.15) is 63.8 Å². The van der Waals surface area contributed by atoms with Crippen molar-refractivity contribution in [1.29, 1.82) is 0 Å². The van der Waals surface area contributed by atoms with E-state index in [0.717, 1.165) is 12.8 Å². The molecule has 1 N–H and O–H groups in total. The highest BCUT2D eigenvalue weighted by molar-refractivity contribution is 7.92. The normalized spacial score (nSPS) is 15.2. The Kier molecular flexibility index (Phi) is 8.80. The molecule has 2 amide bonds. The number of sulfone groups is 1. The summed E-state index contributed by atoms with van der Waals surface area (Å²) >= 11 is 0. The molecule has 1 aliphatic carbocycles. The number of aromatic nitrogens is 2. The Morgan fingerprint density at radius 3 is 2.04 bits per heavy atom. The number of Topliss-reactive ketones (excluding diaryl/α,β-unsaturated/α-hetero) is 1. The van der Waals surface area contributed by atoms with E-state index >= 15 is 0 Å². The minimum absolute atomic E-state index is 0.0329. The Morgan fingerprint density at radius 2 is 1.46 bits per heavy atom. The van der Waals surface area contributed by atoms with Crippen molar-refractivity contribution in [2.24, 2.45) is 0 Å². The number of hydrogen-bond donors (Lipinski definition) is 1. The van der Waals surface area contributed by atoms with Gasteiger partial charge in [0.05, 0.1) is 27.6 Å². The molecule has 11 nitrogen and oxygen atoms in total. The maximum absolute atomic E-state index is 13.1. The number of pyridine rings is 2. The smallest absolute Gasteiger partial charge is 0.272 e. The first-order chi connectivity index (χ1) is 22.2. The average Bonchev–Trinajstić information content (AvgIpc) is 3.93. The third-order valence-electron chi connectivity index (χ3n) is 7.87. The van der Waals surface area contributed by atoms with Crippen LogP contribution in [0.25, 0.3) is 0 Å². The second-order valence-electron chi connectivity index (χ2n) is 11.3. The lowest BCUT2D eigenvalue weighted by molar-refractivity contribution is 0.0589. The van der Waals surface area contributed by atoms with Crippen LogP contribution in [0, 0.1) is 0 Å². The molecule has 2 aliphatic rings. The van der Waals surface area contributed by atoms with E-state index in [1.54, 1.807) is 71.6 Å². The summed E-state index contributed by atoms with van der Waals surface area (Å²) in [5.41, 5.74) is 1.56. The molecule has 0 radical (unpaired) electrons. The molecule has 4 aromatic rings. The van der Waals surface area contributed by atoms with Crippen LogP contribution >= 0.6 is 0 Å². The van der Waals surface area contributed by atoms with Crippen molar-refractivity contribution in [3.05, 3.63) is 102 Å². The van der Waals surface area contributed by atoms with E-state index in [1.165, 1.54) is 25.4 Å². The Balaban J connectivity index is 0.968. The number of ether oxygens (including phenoxy) is 2. The third-order valence-corrected chi connectivity index (χ3v) is 10.1. The van der Waals surface area contributed by atoms with Crippen LogP contribution in [0.5, 0.6) is 17.4 Å². The van der Waals surface area contributed by atoms with Gasteiger partial charge in [-0.3, -0.25) is 19.4 Å². The maximum atomic E-state index is 13.1. The van der Waals surface area contributed by atoms with Gasteiger partial charge in [0, 0.05) is 43.8 Å². The maximum Gasteiger partial charge on any atom is 0.272 e. The minimum Gasteiger partial charge on any atom is -0.490 e. The highest BCUT2D eigenvalue weighted by atomic mass is 32.2. The summed E-state index contributed by atoms with van der Waals surface area (Å²) in [6.07, 6.45) is 5.42. The minimum atomic E-state index is -3.24. The topological polar surface area (TPSA) is 145 Å². The molecule has 3 heterocycles. The van der Waals surface area contributed by atoms with Crippen molar-refractivity contribution in [1.82, 2.24) is 14.9 Å². The van der Waals surface area contributed by atoms with Crippen molar-refractivity contribution >= 4 is 33.1 Å². The molecule has 46 heavy (non-hydrogen) atoms. The number of amides is 2. The number of hydrogen-bond acceptors (Lipinski definition) is 9. The number of nitrogens with zero attached hydrogens (tertiary/aromatic N) is 3. The van der Waals surface area contributed by atoms with Crippen LogP contribution in [-0.2, 0) is 9.84 Å². The fraction of sp³-hybridized carbons (Fsp3) is 0.265. The van der Waals surface area contributed by atoms with Gasteiger partial charge in [0.2, 0.25) is 5.88 Å². The molecule has 1 saturated heterocycles. The zero-order valence-corrected chi connectivity index (χ0v) is 25.9. The molecule has 1 aliphatic heterocycles. The van der Waals surface area contributed by atoms with E-state index in [0.29, 0.717) is 59.5 Å². The van der Waals surface area contributed by atoms with Gasteiger partial charge >= 0.3 is 0 Å². The Hall–Kier alpha value is -5.10. The number of piperidine rings is 1. The van der Waals surface area contributed by atoms with Crippen LogP contribution < -0.4 is 14.8 Å². The standard InChI is InChI=1S/C34H32N4O7S/c1-22(39)23-2-6-27(7-3-23)45-32-15-5-25(21-36-32)37-33(40)24-4-14-31(35-20-24)34(41)38-18-16-28(17-19-38)44-26-8-10-29(11-9-26)46(42,43)30-12-13-30/h2-11,14-15,20-21,28,30H,12-13,16-19H2,1H3,(H,37,40). The average molecular weight is 641 g/mol. The van der Waals surface area contributed by atoms with Crippen molar-refractivity contribution < 1.29 is 32.3 Å². The van der Waals surface area contributed by atoms with Gasteiger partial charge in [0.25, 0.3) is 11.8 Å². The summed E-state index contributed by atoms with van der Waals surface area (Å²) in [6, 6.07) is 19.6. The van der Waals surface area contributed by atoms with Gasteiger partial charge in [-0.1, -0.05) is 0 Å². The summed E-state index contributed by atoms with van der Waals surface area (Å²) in [6.45, 7) is 2.46. The zero-order chi connectivity index (χ0) is 32.3. The number of likely N-dealkylation sites (tertiary alicyclic amines) is 1. The van der Waals surface area contributed by atoms with Gasteiger partial charge in [-0.2, -0.15) is 0 Å². The second-order valence-corrected chi connectivity index (χ2v) is 13.5. The van der Waals surface area contributed by atoms with E-state index in [9.17, 15) is 22.8 Å². The van der Waals surface area contributed by atoms with E-state index in [1.807, 2.05) is 0 Å². The predicted octanol–water partition coefficient (Wildman–Crippen LogP) is 5.34. The lowest BCUT2D eigenvalue weighted by Crippen LogP contribution is -2.42. The van der Waals surface area contributed by atoms with Crippen molar-refractivity contribution in [2.45, 2.75) is 48.9 Å². The largest absolute Gasteiger partial charge is 0.490 e. The molecule has 2 fully saturated rings. The number of carbonyl (C=O) groups excluding carboxylic acids is 3. The van der Waals surface area contributed by atoms with Crippen molar-refractivity contribution in [3.63, 3.8) is 0 Å². The molecule has 236 valence electrons. The van der Waals surface area contributed by atoms with Gasteiger partial charge in [-0.05, 0) is 86.5 Å². The number of ketones is 1. The van der Waals surface area contributed by atoms with Gasteiger partial charge < -0.3 is 19.7 Å². The summed E-state index contributed by atoms with van der Waals surface area (Å²) in [5.74, 6) is 0.790. The molecular weight excluding hydrogens is 608 g/mol. The third kappa shape index (κ3) is 7.23. The fourth-order valence-electron chi connectivity index (χ4n) is 5.06. The number of carbonyl (C=O) groups is 3. The fourth-order valence-corrected chi connectivity index (χ4v) is 6.72. The lowest BCUT2D eigenvalue weighted by atomic mass is 10.1. The van der Waals surface area contributed by atoms with Crippen molar-refractivity contribution in [2.75, 3.05) is 18.4 Å². The molecule has 6 rings (SSSR count). The second kappa shape index (κ2) is 13.1. The van der Waals surface area contributed by atoms with Crippen LogP contribution in [0.4, 0.5) is 5.69 Å². The molecule has 2 aromatic carbocycles. The van der Waals surface area contributed by atoms with Crippen LogP contribution in [-0.4, -0.2) is 65.3 Å². The first-order valence-corrected chi connectivity index (χ1v) is 16.5. The highest BCUT2D eigenvalue weighted by Crippen LogP contribution is 2.34. The monoisotopic (exact) mass is 640 g/mol. The van der Waals surface area contributed by atoms with Gasteiger partial charge in [-0.25, -0.2) is 13.4 Å². The summed E-state index contributed by atoms with van der Waals surface area (Å²) < 4.78 is 36.5. The van der Waals surface area contributed by atoms with E-state index in [4.69, 9.17) is 9.47 Å². The van der Waals surface area contributed by atoms with Gasteiger partial charge in [-0.15, -0.1) is 0 Å². The molecular formula is C34H32N4O7S. The molecule has 2 aromatic heterocycles. The molecule has 0 unspecified atom stereocenters. The van der Waals surface area contributed by atoms with Gasteiger partial charge in [0.15, 0.2) is 15.6 Å². The first-order valence-electron chi connectivity index (χ1n) is 15.0. The lowest BCUT2D eigenvalue weighted by Gasteiger charge is -2.32. The van der Waals surface area contributed by atoms with Crippen LogP contribution in [0.2, 0.25) is 0 Å². The predicted molar refractivity (Wildman–Crippen MR) is 169 cm³/mol.